The van der Waals surface area contributed by atoms with Crippen molar-refractivity contribution in [3.05, 3.63) is 30.3 Å². The van der Waals surface area contributed by atoms with E-state index in [2.05, 4.69) is 40.4 Å². The Morgan fingerprint density at radius 1 is 1.00 bits per heavy atom. The molecule has 0 bridgehead atoms. The number of rotatable bonds is 1. The molecule has 1 aromatic carbocycles. The molecule has 0 saturated heterocycles. The van der Waals surface area contributed by atoms with Gasteiger partial charge in [-0.2, -0.15) is 0 Å². The van der Waals surface area contributed by atoms with Crippen molar-refractivity contribution in [1.82, 2.24) is 0 Å². The maximum atomic E-state index is 3.52. The fourth-order valence-corrected chi connectivity index (χ4v) is 3.53. The second kappa shape index (κ2) is 3.77. The molecule has 0 heterocycles. The second-order valence-electron chi connectivity index (χ2n) is 1.53. The summed E-state index contributed by atoms with van der Waals surface area (Å²) in [5.41, 5.74) is 0. The molecule has 0 aliphatic carbocycles. The van der Waals surface area contributed by atoms with E-state index in [1.165, 1.54) is 4.46 Å². The van der Waals surface area contributed by atoms with E-state index < -0.39 is 10.3 Å². The van der Waals surface area contributed by atoms with Crippen molar-refractivity contribution in [2.45, 2.75) is 0 Å². The molecule has 0 aliphatic rings. The minimum absolute atomic E-state index is 0.785. The topological polar surface area (TPSA) is 0 Å². The van der Waals surface area contributed by atoms with Crippen molar-refractivity contribution in [3.8, 4) is 0 Å². The number of halogens is 2. The normalized spacial score (nSPS) is 10.1. The standard InChI is InChI=1S/C6H5Br2Se/c7-9(8)6-4-2-1-3-5-6/h1-5H/q+1. The van der Waals surface area contributed by atoms with Crippen LogP contribution in [-0.4, -0.2) is 10.3 Å². The molecule has 9 heavy (non-hydrogen) atoms. The molecule has 0 radical (unpaired) electrons. The predicted octanol–water partition coefficient (Wildman–Crippen LogP) is 2.17. The van der Waals surface area contributed by atoms with Crippen LogP contribution >= 0.6 is 28.2 Å². The first-order chi connectivity index (χ1) is 4.30. The molecule has 0 N–H and O–H groups in total. The van der Waals surface area contributed by atoms with Crippen LogP contribution in [0.25, 0.3) is 0 Å². The van der Waals surface area contributed by atoms with E-state index in [1.807, 2.05) is 18.2 Å². The zero-order valence-corrected chi connectivity index (χ0v) is 9.44. The Labute approximate surface area is 72.9 Å². The van der Waals surface area contributed by atoms with Gasteiger partial charge >= 0.3 is 73.3 Å². The fourth-order valence-electron chi connectivity index (χ4n) is 0.523. The number of benzene rings is 1. The molecule has 48 valence electrons. The van der Waals surface area contributed by atoms with Gasteiger partial charge in [0, 0.05) is 0 Å². The van der Waals surface area contributed by atoms with Gasteiger partial charge < -0.3 is 0 Å². The summed E-state index contributed by atoms with van der Waals surface area (Å²) >= 11 is 7.05. The summed E-state index contributed by atoms with van der Waals surface area (Å²) in [6, 6.07) is 10.4. The second-order valence-corrected chi connectivity index (χ2v) is 14.7. The van der Waals surface area contributed by atoms with Crippen molar-refractivity contribution in [2.24, 2.45) is 0 Å². The molecule has 1 aromatic rings. The summed E-state index contributed by atoms with van der Waals surface area (Å²) in [7, 11) is -0.785. The molecule has 3 heteroatoms. The van der Waals surface area contributed by atoms with Crippen molar-refractivity contribution < 1.29 is 0 Å². The van der Waals surface area contributed by atoms with Crippen LogP contribution in [-0.2, 0) is 0 Å². The van der Waals surface area contributed by atoms with Gasteiger partial charge in [0.25, 0.3) is 0 Å². The third-order valence-electron chi connectivity index (χ3n) is 0.921. The third-order valence-corrected chi connectivity index (χ3v) is 6.12. The van der Waals surface area contributed by atoms with Crippen LogP contribution in [0.5, 0.6) is 0 Å². The van der Waals surface area contributed by atoms with Crippen LogP contribution in [0.3, 0.4) is 0 Å². The van der Waals surface area contributed by atoms with Crippen LogP contribution in [0, 0.1) is 0 Å². The third kappa shape index (κ3) is 2.42. The summed E-state index contributed by atoms with van der Waals surface area (Å²) < 4.78 is 1.37. The van der Waals surface area contributed by atoms with Gasteiger partial charge in [0.05, 0.1) is 0 Å². The minimum atomic E-state index is -0.785. The summed E-state index contributed by atoms with van der Waals surface area (Å²) in [6.07, 6.45) is 0. The van der Waals surface area contributed by atoms with E-state index in [9.17, 15) is 0 Å². The quantitative estimate of drug-likeness (QED) is 0.697. The van der Waals surface area contributed by atoms with Crippen LogP contribution in [0.15, 0.2) is 30.3 Å². The van der Waals surface area contributed by atoms with Gasteiger partial charge in [-0.1, -0.05) is 0 Å². The van der Waals surface area contributed by atoms with E-state index in [1.54, 1.807) is 0 Å². The van der Waals surface area contributed by atoms with E-state index >= 15 is 0 Å². The van der Waals surface area contributed by atoms with Gasteiger partial charge in [0.1, 0.15) is 0 Å². The molecule has 0 fully saturated rings. The Morgan fingerprint density at radius 3 is 1.89 bits per heavy atom. The monoisotopic (exact) mass is 315 g/mol. The van der Waals surface area contributed by atoms with Crippen LogP contribution < -0.4 is 4.46 Å². The summed E-state index contributed by atoms with van der Waals surface area (Å²) in [4.78, 5) is 0. The van der Waals surface area contributed by atoms with Crippen molar-refractivity contribution in [3.63, 3.8) is 0 Å². The van der Waals surface area contributed by atoms with E-state index in [0.717, 1.165) is 0 Å². The Bertz CT molecular complexity index is 174. The van der Waals surface area contributed by atoms with E-state index in [0.29, 0.717) is 0 Å². The Kier molecular flexibility index (Phi) is 3.27. The van der Waals surface area contributed by atoms with E-state index in [4.69, 9.17) is 0 Å². The predicted molar refractivity (Wildman–Crippen MR) is 49.7 cm³/mol. The fraction of sp³-hybridized carbons (Fsp3) is 0. The van der Waals surface area contributed by atoms with Gasteiger partial charge in [-0.25, -0.2) is 0 Å². The molecular formula is C6H5Br2Se+. The molecule has 0 atom stereocenters. The Balaban J connectivity index is 2.85. The molecule has 1 rings (SSSR count). The van der Waals surface area contributed by atoms with Gasteiger partial charge in [-0.05, 0) is 0 Å². The van der Waals surface area contributed by atoms with Crippen molar-refractivity contribution >= 4 is 43.0 Å². The Hall–Kier alpha value is 0.699. The number of hydrogen-bond acceptors (Lipinski definition) is 0. The van der Waals surface area contributed by atoms with Gasteiger partial charge in [-0.3, -0.25) is 0 Å². The molecule has 0 spiro atoms. The maximum absolute atomic E-state index is 3.52. The average Bonchev–Trinajstić information content (AvgIpc) is 1.90. The first-order valence-electron chi connectivity index (χ1n) is 2.42. The van der Waals surface area contributed by atoms with Crippen molar-refractivity contribution in [1.29, 1.82) is 0 Å². The van der Waals surface area contributed by atoms with E-state index in [-0.39, 0.29) is 0 Å². The molecular weight excluding hydrogens is 311 g/mol. The SMILES string of the molecule is Br[Se+](Br)c1ccccc1. The molecule has 0 saturated carbocycles. The molecule has 0 aromatic heterocycles. The number of hydrogen-bond donors (Lipinski definition) is 0. The zero-order chi connectivity index (χ0) is 6.69. The summed E-state index contributed by atoms with van der Waals surface area (Å²) in [5, 5.41) is 0. The van der Waals surface area contributed by atoms with Crippen LogP contribution in [0.2, 0.25) is 0 Å². The first-order valence-corrected chi connectivity index (χ1v) is 11.3. The van der Waals surface area contributed by atoms with Gasteiger partial charge in [-0.15, -0.1) is 0 Å². The first kappa shape index (κ1) is 7.80. The van der Waals surface area contributed by atoms with Crippen LogP contribution in [0.1, 0.15) is 0 Å². The summed E-state index contributed by atoms with van der Waals surface area (Å²) in [5.74, 6) is 0. The van der Waals surface area contributed by atoms with Gasteiger partial charge in [0.2, 0.25) is 0 Å². The molecule has 0 unspecified atom stereocenters. The average molecular weight is 316 g/mol. The van der Waals surface area contributed by atoms with Crippen molar-refractivity contribution in [2.75, 3.05) is 0 Å². The zero-order valence-electron chi connectivity index (χ0n) is 4.55. The molecule has 0 amide bonds. The van der Waals surface area contributed by atoms with Crippen LogP contribution in [0.4, 0.5) is 0 Å². The molecule has 0 nitrogen and oxygen atoms in total. The van der Waals surface area contributed by atoms with Gasteiger partial charge in [0.15, 0.2) is 0 Å². The summed E-state index contributed by atoms with van der Waals surface area (Å²) in [6.45, 7) is 0. The molecule has 0 aliphatic heterocycles. The Morgan fingerprint density at radius 2 is 1.56 bits per heavy atom.